The Morgan fingerprint density at radius 3 is 2.43 bits per heavy atom. The van der Waals surface area contributed by atoms with E-state index in [0.717, 1.165) is 41.2 Å². The zero-order valence-electron chi connectivity index (χ0n) is 17.7. The van der Waals surface area contributed by atoms with Gasteiger partial charge in [0, 0.05) is 25.5 Å². The van der Waals surface area contributed by atoms with Crippen LogP contribution in [0.1, 0.15) is 13.8 Å². The van der Waals surface area contributed by atoms with Gasteiger partial charge in [0.05, 0.1) is 10.2 Å². The predicted octanol–water partition coefficient (Wildman–Crippen LogP) is 5.47. The lowest BCUT2D eigenvalue weighted by Gasteiger charge is -2.23. The molecule has 6 nitrogen and oxygen atoms in total. The molecule has 0 aliphatic rings. The number of hydrogen-bond donors (Lipinski definition) is 1. The van der Waals surface area contributed by atoms with E-state index in [0.29, 0.717) is 18.4 Å². The number of anilines is 4. The molecule has 0 radical (unpaired) electrons. The van der Waals surface area contributed by atoms with E-state index in [1.54, 1.807) is 6.20 Å². The van der Waals surface area contributed by atoms with Crippen molar-refractivity contribution in [3.05, 3.63) is 65.3 Å². The molecule has 0 spiro atoms. The second-order valence-electron chi connectivity index (χ2n) is 6.76. The number of halogens is 1. The first-order valence-electron chi connectivity index (χ1n) is 10.1. The van der Waals surface area contributed by atoms with Crippen molar-refractivity contribution in [1.29, 1.82) is 0 Å². The monoisotopic (exact) mass is 469 g/mol. The zero-order valence-corrected chi connectivity index (χ0v) is 19.3. The minimum Gasteiger partial charge on any atom is -0.490 e. The molecule has 1 heterocycles. The van der Waals surface area contributed by atoms with E-state index in [1.807, 2.05) is 66.5 Å². The van der Waals surface area contributed by atoms with E-state index < -0.39 is 0 Å². The van der Waals surface area contributed by atoms with Crippen LogP contribution in [0.25, 0.3) is 0 Å². The van der Waals surface area contributed by atoms with Crippen LogP contribution in [0.5, 0.6) is 5.75 Å². The van der Waals surface area contributed by atoms with Crippen LogP contribution in [0, 0.1) is 0 Å². The molecule has 0 saturated heterocycles. The van der Waals surface area contributed by atoms with Crippen molar-refractivity contribution in [2.45, 2.75) is 13.8 Å². The third kappa shape index (κ3) is 5.70. The molecular weight excluding hydrogens is 442 g/mol. The van der Waals surface area contributed by atoms with Gasteiger partial charge < -0.3 is 19.9 Å². The maximum Gasteiger partial charge on any atom is 0.231 e. The number of para-hydroxylation sites is 3. The zero-order chi connectivity index (χ0) is 21.3. The predicted molar refractivity (Wildman–Crippen MR) is 127 cm³/mol. The fourth-order valence-corrected chi connectivity index (χ4v) is 3.34. The van der Waals surface area contributed by atoms with Crippen molar-refractivity contribution >= 4 is 39.1 Å². The average molecular weight is 470 g/mol. The van der Waals surface area contributed by atoms with Gasteiger partial charge >= 0.3 is 0 Å². The molecule has 30 heavy (non-hydrogen) atoms. The van der Waals surface area contributed by atoms with Crippen LogP contribution in [0.3, 0.4) is 0 Å². The minimum atomic E-state index is 0.580. The van der Waals surface area contributed by atoms with E-state index in [2.05, 4.69) is 45.0 Å². The fraction of sp³-hybridized carbons (Fsp3) is 0.304. The standard InChI is InChI=1S/C23H28BrN5O/c1-4-29(5-2)15-16-30-21-14-10-9-13-20(21)28(3)23-25-17-19(24)22(27-23)26-18-11-7-6-8-12-18/h6-14,17H,4-5,15-16H2,1-3H3,(H,25,26,27). The van der Waals surface area contributed by atoms with Crippen molar-refractivity contribution in [1.82, 2.24) is 14.9 Å². The lowest BCUT2D eigenvalue weighted by atomic mass is 10.2. The molecule has 3 rings (SSSR count). The average Bonchev–Trinajstić information content (AvgIpc) is 2.79. The molecule has 7 heteroatoms. The van der Waals surface area contributed by atoms with Gasteiger partial charge in [-0.2, -0.15) is 4.98 Å². The van der Waals surface area contributed by atoms with Gasteiger partial charge in [-0.3, -0.25) is 0 Å². The number of ether oxygens (including phenoxy) is 1. The Labute approximate surface area is 187 Å². The number of hydrogen-bond acceptors (Lipinski definition) is 6. The molecule has 0 unspecified atom stereocenters. The third-order valence-electron chi connectivity index (χ3n) is 4.85. The van der Waals surface area contributed by atoms with E-state index in [1.165, 1.54) is 0 Å². The Bertz CT molecular complexity index is 934. The summed E-state index contributed by atoms with van der Waals surface area (Å²) < 4.78 is 6.90. The van der Waals surface area contributed by atoms with Crippen molar-refractivity contribution in [2.24, 2.45) is 0 Å². The minimum absolute atomic E-state index is 0.580. The maximum absolute atomic E-state index is 6.10. The summed E-state index contributed by atoms with van der Waals surface area (Å²) in [5, 5.41) is 3.33. The molecule has 2 aromatic carbocycles. The summed E-state index contributed by atoms with van der Waals surface area (Å²) in [4.78, 5) is 13.5. The Morgan fingerprint density at radius 2 is 1.70 bits per heavy atom. The highest BCUT2D eigenvalue weighted by atomic mass is 79.9. The van der Waals surface area contributed by atoms with Crippen LogP contribution >= 0.6 is 15.9 Å². The summed E-state index contributed by atoms with van der Waals surface area (Å²) >= 11 is 3.53. The summed E-state index contributed by atoms with van der Waals surface area (Å²) in [7, 11) is 1.95. The molecule has 0 aliphatic carbocycles. The van der Waals surface area contributed by atoms with Gasteiger partial charge in [-0.1, -0.05) is 44.2 Å². The van der Waals surface area contributed by atoms with Gasteiger partial charge in [0.25, 0.3) is 0 Å². The summed E-state index contributed by atoms with van der Waals surface area (Å²) in [5.41, 5.74) is 1.88. The van der Waals surface area contributed by atoms with Crippen LogP contribution in [-0.2, 0) is 0 Å². The molecule has 0 bridgehead atoms. The first kappa shape index (κ1) is 22.1. The molecule has 1 aromatic heterocycles. The summed E-state index contributed by atoms with van der Waals surface area (Å²) in [6.45, 7) is 7.89. The second-order valence-corrected chi connectivity index (χ2v) is 7.61. The van der Waals surface area contributed by atoms with Crippen LogP contribution in [0.15, 0.2) is 65.3 Å². The Hall–Kier alpha value is -2.64. The second kappa shape index (κ2) is 10.9. The highest BCUT2D eigenvalue weighted by Gasteiger charge is 2.15. The van der Waals surface area contributed by atoms with E-state index >= 15 is 0 Å². The quantitative estimate of drug-likeness (QED) is 0.424. The molecule has 3 aromatic rings. The fourth-order valence-electron chi connectivity index (χ4n) is 3.05. The molecule has 0 amide bonds. The summed E-state index contributed by atoms with van der Waals surface area (Å²) in [6, 6.07) is 17.9. The number of nitrogens with one attached hydrogen (secondary N) is 1. The van der Waals surface area contributed by atoms with Gasteiger partial charge in [0.1, 0.15) is 18.2 Å². The highest BCUT2D eigenvalue weighted by molar-refractivity contribution is 9.10. The highest BCUT2D eigenvalue weighted by Crippen LogP contribution is 2.32. The van der Waals surface area contributed by atoms with Crippen molar-refractivity contribution in [3.8, 4) is 5.75 Å². The molecule has 158 valence electrons. The van der Waals surface area contributed by atoms with Crippen molar-refractivity contribution in [2.75, 3.05) is 43.5 Å². The molecule has 1 N–H and O–H groups in total. The van der Waals surface area contributed by atoms with Gasteiger partial charge in [0.15, 0.2) is 0 Å². The smallest absolute Gasteiger partial charge is 0.231 e. The van der Waals surface area contributed by atoms with E-state index in [-0.39, 0.29) is 0 Å². The van der Waals surface area contributed by atoms with Gasteiger partial charge in [-0.05, 0) is 53.3 Å². The van der Waals surface area contributed by atoms with Crippen molar-refractivity contribution < 1.29 is 4.74 Å². The van der Waals surface area contributed by atoms with Crippen LogP contribution in [-0.4, -0.2) is 48.2 Å². The number of rotatable bonds is 10. The van der Waals surface area contributed by atoms with Gasteiger partial charge in [-0.15, -0.1) is 0 Å². The summed E-state index contributed by atoms with van der Waals surface area (Å²) in [5.74, 6) is 2.10. The number of aromatic nitrogens is 2. The largest absolute Gasteiger partial charge is 0.490 e. The normalized spacial score (nSPS) is 10.8. The van der Waals surface area contributed by atoms with Gasteiger partial charge in [0.2, 0.25) is 5.95 Å². The first-order valence-corrected chi connectivity index (χ1v) is 10.9. The first-order chi connectivity index (χ1) is 14.6. The number of nitrogens with zero attached hydrogens (tertiary/aromatic N) is 4. The Kier molecular flexibility index (Phi) is 8.04. The Balaban J connectivity index is 1.78. The molecule has 0 saturated carbocycles. The van der Waals surface area contributed by atoms with E-state index in [4.69, 9.17) is 9.72 Å². The molecule has 0 atom stereocenters. The molecular formula is C23H28BrN5O. The number of benzene rings is 2. The lowest BCUT2D eigenvalue weighted by Crippen LogP contribution is -2.28. The van der Waals surface area contributed by atoms with Crippen molar-refractivity contribution in [3.63, 3.8) is 0 Å². The SMILES string of the molecule is CCN(CC)CCOc1ccccc1N(C)c1ncc(Br)c(Nc2ccccc2)n1. The van der Waals surface area contributed by atoms with Crippen LogP contribution < -0.4 is 15.0 Å². The van der Waals surface area contributed by atoms with Crippen LogP contribution in [0.4, 0.5) is 23.1 Å². The maximum atomic E-state index is 6.10. The Morgan fingerprint density at radius 1 is 1.00 bits per heavy atom. The molecule has 0 aliphatic heterocycles. The van der Waals surface area contributed by atoms with Crippen LogP contribution in [0.2, 0.25) is 0 Å². The van der Waals surface area contributed by atoms with Gasteiger partial charge in [-0.25, -0.2) is 4.98 Å². The lowest BCUT2D eigenvalue weighted by molar-refractivity contribution is 0.223. The summed E-state index contributed by atoms with van der Waals surface area (Å²) in [6.07, 6.45) is 1.76. The third-order valence-corrected chi connectivity index (χ3v) is 5.43. The molecule has 0 fully saturated rings. The van der Waals surface area contributed by atoms with E-state index in [9.17, 15) is 0 Å². The number of likely N-dealkylation sites (N-methyl/N-ethyl adjacent to an activating group) is 1. The topological polar surface area (TPSA) is 53.5 Å².